The predicted octanol–water partition coefficient (Wildman–Crippen LogP) is 4.38. The quantitative estimate of drug-likeness (QED) is 0.808. The van der Waals surface area contributed by atoms with Gasteiger partial charge in [-0.15, -0.1) is 0 Å². The van der Waals surface area contributed by atoms with Crippen LogP contribution in [0.2, 0.25) is 0 Å². The van der Waals surface area contributed by atoms with E-state index < -0.39 is 0 Å². The van der Waals surface area contributed by atoms with E-state index in [4.69, 9.17) is 0 Å². The molecule has 0 atom stereocenters. The van der Waals surface area contributed by atoms with Crippen LogP contribution in [0.4, 0.5) is 0 Å². The van der Waals surface area contributed by atoms with Crippen LogP contribution in [0.3, 0.4) is 0 Å². The summed E-state index contributed by atoms with van der Waals surface area (Å²) < 4.78 is 0. The molecule has 20 heavy (non-hydrogen) atoms. The molecule has 2 rings (SSSR count). The van der Waals surface area contributed by atoms with Crippen LogP contribution >= 0.6 is 15.9 Å². The molecule has 0 spiro atoms. The molecule has 0 saturated heterocycles. The van der Waals surface area contributed by atoms with E-state index in [-0.39, 0.29) is 11.3 Å². The first-order valence-electron chi connectivity index (χ1n) is 6.85. The Morgan fingerprint density at radius 1 is 1.15 bits per heavy atom. The molecule has 2 aromatic carbocycles. The molecular weight excluding hydrogens is 314 g/mol. The number of carbonyl (C=O) groups is 1. The average Bonchev–Trinajstić information content (AvgIpc) is 2.44. The summed E-state index contributed by atoms with van der Waals surface area (Å²) in [7, 11) is 0. The van der Waals surface area contributed by atoms with Crippen LogP contribution in [-0.4, -0.2) is 17.8 Å². The molecule has 0 aliphatic carbocycles. The van der Waals surface area contributed by atoms with E-state index in [9.17, 15) is 4.79 Å². The van der Waals surface area contributed by atoms with Crippen LogP contribution in [0.1, 0.15) is 30.6 Å². The Morgan fingerprint density at radius 3 is 2.60 bits per heavy atom. The molecule has 2 nitrogen and oxygen atoms in total. The van der Waals surface area contributed by atoms with Gasteiger partial charge in [0.25, 0.3) is 5.91 Å². The molecule has 0 aliphatic rings. The second kappa shape index (κ2) is 6.40. The monoisotopic (exact) mass is 333 g/mol. The summed E-state index contributed by atoms with van der Waals surface area (Å²) in [4.78, 5) is 12.4. The molecular formula is C17H20BrNO. The minimum absolute atomic E-state index is 0.00412. The van der Waals surface area contributed by atoms with Gasteiger partial charge in [-0.25, -0.2) is 0 Å². The molecule has 106 valence electrons. The van der Waals surface area contributed by atoms with Gasteiger partial charge in [-0.2, -0.15) is 0 Å². The zero-order valence-electron chi connectivity index (χ0n) is 11.9. The predicted molar refractivity (Wildman–Crippen MR) is 88.5 cm³/mol. The molecule has 1 N–H and O–H groups in total. The van der Waals surface area contributed by atoms with Crippen molar-refractivity contribution in [3.63, 3.8) is 0 Å². The first-order chi connectivity index (χ1) is 9.53. The molecule has 0 fully saturated rings. The lowest BCUT2D eigenvalue weighted by atomic mass is 9.90. The van der Waals surface area contributed by atoms with Crippen molar-refractivity contribution in [2.75, 3.05) is 11.9 Å². The van der Waals surface area contributed by atoms with Crippen molar-refractivity contribution in [1.82, 2.24) is 5.32 Å². The Kier molecular flexibility index (Phi) is 4.81. The number of carbonyl (C=O) groups excluding carboxylic acids is 1. The third-order valence-electron chi connectivity index (χ3n) is 3.53. The van der Waals surface area contributed by atoms with E-state index in [1.54, 1.807) is 0 Å². The van der Waals surface area contributed by atoms with Crippen LogP contribution in [-0.2, 0) is 0 Å². The Balaban J connectivity index is 2.16. The fourth-order valence-corrected chi connectivity index (χ4v) is 3.26. The molecule has 0 heterocycles. The van der Waals surface area contributed by atoms with Crippen LogP contribution in [0.5, 0.6) is 0 Å². The van der Waals surface area contributed by atoms with Crippen LogP contribution in [0.15, 0.2) is 42.5 Å². The summed E-state index contributed by atoms with van der Waals surface area (Å²) >= 11 is 3.46. The zero-order chi connectivity index (χ0) is 14.6. The first-order valence-corrected chi connectivity index (χ1v) is 7.97. The smallest absolute Gasteiger partial charge is 0.251 e. The Bertz CT molecular complexity index is 601. The summed E-state index contributed by atoms with van der Waals surface area (Å²) in [5, 5.41) is 6.11. The van der Waals surface area contributed by atoms with Crippen molar-refractivity contribution in [2.45, 2.75) is 20.3 Å². The summed E-state index contributed by atoms with van der Waals surface area (Å²) in [5.74, 6) is 0.00412. The molecule has 0 saturated carbocycles. The molecule has 0 aromatic heterocycles. The minimum atomic E-state index is 0.00412. The Morgan fingerprint density at radius 2 is 1.85 bits per heavy atom. The van der Waals surface area contributed by atoms with Gasteiger partial charge in [-0.3, -0.25) is 4.79 Å². The lowest BCUT2D eigenvalue weighted by Crippen LogP contribution is -2.34. The third-order valence-corrected chi connectivity index (χ3v) is 3.93. The highest BCUT2D eigenvalue weighted by molar-refractivity contribution is 9.09. The topological polar surface area (TPSA) is 29.1 Å². The number of amides is 1. The van der Waals surface area contributed by atoms with Crippen LogP contribution < -0.4 is 5.32 Å². The van der Waals surface area contributed by atoms with Crippen molar-refractivity contribution in [3.8, 4) is 0 Å². The van der Waals surface area contributed by atoms with Gasteiger partial charge in [0.15, 0.2) is 0 Å². The van der Waals surface area contributed by atoms with E-state index >= 15 is 0 Å². The van der Waals surface area contributed by atoms with Crippen molar-refractivity contribution in [2.24, 2.45) is 5.41 Å². The van der Waals surface area contributed by atoms with E-state index in [1.165, 1.54) is 0 Å². The third kappa shape index (κ3) is 3.60. The normalized spacial score (nSPS) is 11.6. The van der Waals surface area contributed by atoms with Crippen molar-refractivity contribution in [3.05, 3.63) is 48.0 Å². The number of benzene rings is 2. The summed E-state index contributed by atoms with van der Waals surface area (Å²) in [6.07, 6.45) is 1.03. The van der Waals surface area contributed by atoms with Gasteiger partial charge in [0, 0.05) is 17.4 Å². The largest absolute Gasteiger partial charge is 0.351 e. The summed E-state index contributed by atoms with van der Waals surface area (Å²) in [6.45, 7) is 5.01. The number of halogens is 1. The van der Waals surface area contributed by atoms with Crippen LogP contribution in [0, 0.1) is 5.41 Å². The maximum absolute atomic E-state index is 12.4. The Hall–Kier alpha value is -1.35. The zero-order valence-corrected chi connectivity index (χ0v) is 13.5. The van der Waals surface area contributed by atoms with E-state index in [2.05, 4.69) is 35.1 Å². The highest BCUT2D eigenvalue weighted by Gasteiger charge is 2.19. The molecule has 0 bridgehead atoms. The molecule has 3 heteroatoms. The van der Waals surface area contributed by atoms with Gasteiger partial charge in [0.1, 0.15) is 0 Å². The van der Waals surface area contributed by atoms with E-state index in [0.29, 0.717) is 6.54 Å². The van der Waals surface area contributed by atoms with Gasteiger partial charge < -0.3 is 5.32 Å². The lowest BCUT2D eigenvalue weighted by Gasteiger charge is -2.24. The second-order valence-electron chi connectivity index (χ2n) is 5.81. The Labute approximate surface area is 128 Å². The number of hydrogen-bond acceptors (Lipinski definition) is 1. The molecule has 2 aromatic rings. The van der Waals surface area contributed by atoms with Crippen molar-refractivity contribution >= 4 is 32.6 Å². The molecule has 0 unspecified atom stereocenters. The maximum atomic E-state index is 12.4. The fraction of sp³-hybridized carbons (Fsp3) is 0.353. The first kappa shape index (κ1) is 15.0. The maximum Gasteiger partial charge on any atom is 0.251 e. The number of rotatable bonds is 5. The number of hydrogen-bond donors (Lipinski definition) is 1. The molecule has 0 aliphatic heterocycles. The van der Waals surface area contributed by atoms with Crippen molar-refractivity contribution in [1.29, 1.82) is 0 Å². The van der Waals surface area contributed by atoms with Crippen LogP contribution in [0.25, 0.3) is 10.8 Å². The SMILES string of the molecule is CC(C)(CCBr)CNC(=O)c1cccc2ccccc12. The fourth-order valence-electron chi connectivity index (χ4n) is 2.18. The standard InChI is InChI=1S/C17H20BrNO/c1-17(2,10-11-18)12-19-16(20)15-9-5-7-13-6-3-4-8-14(13)15/h3-9H,10-12H2,1-2H3,(H,19,20). The van der Waals surface area contributed by atoms with Crippen molar-refractivity contribution < 1.29 is 4.79 Å². The number of nitrogens with one attached hydrogen (secondary N) is 1. The van der Waals surface area contributed by atoms with E-state index in [0.717, 1.165) is 28.1 Å². The van der Waals surface area contributed by atoms with E-state index in [1.807, 2.05) is 42.5 Å². The highest BCUT2D eigenvalue weighted by Crippen LogP contribution is 2.21. The highest BCUT2D eigenvalue weighted by atomic mass is 79.9. The average molecular weight is 334 g/mol. The van der Waals surface area contributed by atoms with Gasteiger partial charge in [0.05, 0.1) is 0 Å². The lowest BCUT2D eigenvalue weighted by molar-refractivity contribution is 0.0937. The van der Waals surface area contributed by atoms with Gasteiger partial charge in [-0.1, -0.05) is 66.2 Å². The molecule has 0 radical (unpaired) electrons. The number of alkyl halides is 1. The summed E-state index contributed by atoms with van der Waals surface area (Å²) in [6, 6.07) is 13.8. The van der Waals surface area contributed by atoms with Gasteiger partial charge >= 0.3 is 0 Å². The minimum Gasteiger partial charge on any atom is -0.351 e. The van der Waals surface area contributed by atoms with Gasteiger partial charge in [0.2, 0.25) is 0 Å². The van der Waals surface area contributed by atoms with Gasteiger partial charge in [-0.05, 0) is 28.7 Å². The summed E-state index contributed by atoms with van der Waals surface area (Å²) in [5.41, 5.74) is 0.849. The number of fused-ring (bicyclic) bond motifs is 1. The second-order valence-corrected chi connectivity index (χ2v) is 6.61. The molecule has 1 amide bonds.